The minimum Gasteiger partial charge on any atom is -0.497 e. The molecule has 0 saturated heterocycles. The fourth-order valence-corrected chi connectivity index (χ4v) is 4.91. The number of sulfonamides is 1. The highest BCUT2D eigenvalue weighted by Gasteiger charge is 2.25. The molecule has 37 heavy (non-hydrogen) atoms. The van der Waals surface area contributed by atoms with Gasteiger partial charge in [0.1, 0.15) is 17.1 Å². The van der Waals surface area contributed by atoms with Crippen molar-refractivity contribution in [1.82, 2.24) is 14.7 Å². The standard InChI is InChI=1S/C27H25N3O6S.2H2/c1-16-14-17(2)24(18(3)15-16)36-27-21(11-12-22(29-27)19-7-9-20(35-4)10-8-19)25(31)30-37(33,34)23-6-5-13-28-26(23)32;;/h5-15H,1-4H3,(H,28,32)(H,30,31);2*1H. The second kappa shape index (κ2) is 10.3. The van der Waals surface area contributed by atoms with Crippen molar-refractivity contribution >= 4 is 15.9 Å². The highest BCUT2D eigenvalue weighted by Crippen LogP contribution is 2.33. The minimum absolute atomic E-state index is 0. The predicted octanol–water partition coefficient (Wildman–Crippen LogP) is 4.77. The molecule has 0 unspecified atom stereocenters. The molecule has 4 rings (SSSR count). The summed E-state index contributed by atoms with van der Waals surface area (Å²) in [5, 5.41) is 0. The summed E-state index contributed by atoms with van der Waals surface area (Å²) in [5.74, 6) is 0.0946. The number of aryl methyl sites for hydroxylation is 3. The number of hydrogen-bond acceptors (Lipinski definition) is 7. The Morgan fingerprint density at radius 3 is 2.30 bits per heavy atom. The molecule has 1 amide bonds. The SMILES string of the molecule is COc1ccc(-c2ccc(C(=O)NS(=O)(=O)c3ccc[nH]c3=O)c(Oc3c(C)cc(C)cc3C)n2)cc1.[HH].[HH]. The van der Waals surface area contributed by atoms with Crippen molar-refractivity contribution in [1.29, 1.82) is 0 Å². The lowest BCUT2D eigenvalue weighted by Gasteiger charge is -2.16. The summed E-state index contributed by atoms with van der Waals surface area (Å²) in [4.78, 5) is 31.4. The highest BCUT2D eigenvalue weighted by molar-refractivity contribution is 7.90. The third-order valence-electron chi connectivity index (χ3n) is 5.59. The van der Waals surface area contributed by atoms with Gasteiger partial charge in [-0.1, -0.05) is 17.7 Å². The summed E-state index contributed by atoms with van der Waals surface area (Å²) in [5.41, 5.74) is 2.95. The van der Waals surface area contributed by atoms with Crippen LogP contribution in [0.4, 0.5) is 0 Å². The van der Waals surface area contributed by atoms with Gasteiger partial charge in [-0.25, -0.2) is 18.1 Å². The smallest absolute Gasteiger partial charge is 0.270 e. The number of nitrogens with one attached hydrogen (secondary N) is 2. The summed E-state index contributed by atoms with van der Waals surface area (Å²) < 4.78 is 38.8. The number of ether oxygens (including phenoxy) is 2. The quantitative estimate of drug-likeness (QED) is 0.357. The first-order chi connectivity index (χ1) is 17.6. The van der Waals surface area contributed by atoms with E-state index >= 15 is 0 Å². The second-order valence-corrected chi connectivity index (χ2v) is 10.1. The molecule has 2 N–H and O–H groups in total. The van der Waals surface area contributed by atoms with Crippen LogP contribution in [0, 0.1) is 20.8 Å². The van der Waals surface area contributed by atoms with Crippen molar-refractivity contribution < 1.29 is 25.5 Å². The van der Waals surface area contributed by atoms with Crippen LogP contribution in [0.25, 0.3) is 11.3 Å². The molecule has 0 radical (unpaired) electrons. The molecule has 0 aliphatic heterocycles. The first-order valence-electron chi connectivity index (χ1n) is 11.2. The van der Waals surface area contributed by atoms with Gasteiger partial charge >= 0.3 is 0 Å². The first-order valence-corrected chi connectivity index (χ1v) is 12.7. The van der Waals surface area contributed by atoms with Crippen LogP contribution in [0.1, 0.15) is 29.9 Å². The molecular weight excluding hydrogens is 494 g/mol. The fourth-order valence-electron chi connectivity index (χ4n) is 3.89. The number of nitrogens with zero attached hydrogens (tertiary/aromatic N) is 1. The van der Waals surface area contributed by atoms with Crippen molar-refractivity contribution in [3.8, 4) is 28.6 Å². The zero-order chi connectivity index (χ0) is 26.7. The Morgan fingerprint density at radius 2 is 1.68 bits per heavy atom. The molecule has 0 bridgehead atoms. The van der Waals surface area contributed by atoms with Gasteiger partial charge in [-0.05, 0) is 80.4 Å². The normalized spacial score (nSPS) is 11.1. The van der Waals surface area contributed by atoms with E-state index in [1.807, 2.05) is 37.6 Å². The van der Waals surface area contributed by atoms with Gasteiger partial charge in [0.2, 0.25) is 5.88 Å². The number of amides is 1. The molecule has 194 valence electrons. The highest BCUT2D eigenvalue weighted by atomic mass is 32.2. The minimum atomic E-state index is -4.46. The zero-order valence-electron chi connectivity index (χ0n) is 20.7. The van der Waals surface area contributed by atoms with Crippen LogP contribution >= 0.6 is 0 Å². The molecule has 0 spiro atoms. The van der Waals surface area contributed by atoms with Crippen molar-refractivity contribution in [3.63, 3.8) is 0 Å². The van der Waals surface area contributed by atoms with Crippen LogP contribution in [0.5, 0.6) is 17.4 Å². The Kier molecular flexibility index (Phi) is 7.12. The monoisotopic (exact) mass is 523 g/mol. The van der Waals surface area contributed by atoms with Crippen LogP contribution in [-0.2, 0) is 10.0 Å². The van der Waals surface area contributed by atoms with E-state index < -0.39 is 26.4 Å². The van der Waals surface area contributed by atoms with Gasteiger partial charge < -0.3 is 14.5 Å². The van der Waals surface area contributed by atoms with Gasteiger partial charge in [0, 0.05) is 14.6 Å². The topological polar surface area (TPSA) is 127 Å². The summed E-state index contributed by atoms with van der Waals surface area (Å²) in [7, 11) is -2.89. The lowest BCUT2D eigenvalue weighted by atomic mass is 10.1. The average Bonchev–Trinajstić information content (AvgIpc) is 2.86. The van der Waals surface area contributed by atoms with E-state index in [4.69, 9.17) is 9.47 Å². The second-order valence-electron chi connectivity index (χ2n) is 8.41. The summed E-state index contributed by atoms with van der Waals surface area (Å²) in [6.45, 7) is 5.70. The fraction of sp³-hybridized carbons (Fsp3) is 0.148. The van der Waals surface area contributed by atoms with E-state index in [0.717, 1.165) is 28.3 Å². The van der Waals surface area contributed by atoms with Crippen LogP contribution in [0.3, 0.4) is 0 Å². The molecule has 0 atom stereocenters. The van der Waals surface area contributed by atoms with E-state index in [-0.39, 0.29) is 14.3 Å². The Bertz CT molecular complexity index is 1630. The van der Waals surface area contributed by atoms with Crippen molar-refractivity contribution in [2.45, 2.75) is 25.7 Å². The number of methoxy groups -OCH3 is 1. The molecule has 2 heterocycles. The van der Waals surface area contributed by atoms with E-state index in [2.05, 4.69) is 9.97 Å². The van der Waals surface area contributed by atoms with Crippen LogP contribution in [0.2, 0.25) is 0 Å². The van der Waals surface area contributed by atoms with Crippen LogP contribution in [-0.4, -0.2) is 31.4 Å². The number of aromatic amines is 1. The lowest BCUT2D eigenvalue weighted by Crippen LogP contribution is -2.34. The van der Waals surface area contributed by atoms with Gasteiger partial charge in [0.15, 0.2) is 4.90 Å². The number of carbonyl (C=O) groups excluding carboxylic acids is 1. The Morgan fingerprint density at radius 1 is 1.00 bits per heavy atom. The summed E-state index contributed by atoms with van der Waals surface area (Å²) >= 11 is 0. The van der Waals surface area contributed by atoms with Crippen molar-refractivity contribution in [3.05, 3.63) is 99.5 Å². The average molecular weight is 524 g/mol. The maximum absolute atomic E-state index is 13.2. The van der Waals surface area contributed by atoms with E-state index in [9.17, 15) is 18.0 Å². The molecule has 0 aliphatic carbocycles. The Balaban J connectivity index is 0.00000267. The Hall–Kier alpha value is -4.44. The number of rotatable bonds is 7. The zero-order valence-corrected chi connectivity index (χ0v) is 21.5. The number of H-pyrrole nitrogens is 1. The van der Waals surface area contributed by atoms with Crippen LogP contribution < -0.4 is 19.8 Å². The molecular formula is C27H29N3O6S. The van der Waals surface area contributed by atoms with E-state index in [1.54, 1.807) is 37.4 Å². The van der Waals surface area contributed by atoms with Gasteiger partial charge in [0.25, 0.3) is 21.5 Å². The van der Waals surface area contributed by atoms with Gasteiger partial charge in [0.05, 0.1) is 12.8 Å². The molecule has 0 fully saturated rings. The van der Waals surface area contributed by atoms with Crippen molar-refractivity contribution in [2.75, 3.05) is 7.11 Å². The number of aromatic nitrogens is 2. The van der Waals surface area contributed by atoms with E-state index in [0.29, 0.717) is 17.2 Å². The predicted molar refractivity (Wildman–Crippen MR) is 143 cm³/mol. The maximum Gasteiger partial charge on any atom is 0.270 e. The van der Waals surface area contributed by atoms with Gasteiger partial charge in [-0.15, -0.1) is 0 Å². The third-order valence-corrected chi connectivity index (χ3v) is 6.95. The number of benzene rings is 2. The van der Waals surface area contributed by atoms with Crippen LogP contribution in [0.15, 0.2) is 76.6 Å². The van der Waals surface area contributed by atoms with Gasteiger partial charge in [-0.3, -0.25) is 9.59 Å². The molecule has 0 saturated carbocycles. The number of pyridine rings is 2. The Labute approximate surface area is 217 Å². The molecule has 2 aromatic carbocycles. The first kappa shape index (κ1) is 25.6. The molecule has 4 aromatic rings. The third kappa shape index (κ3) is 5.54. The van der Waals surface area contributed by atoms with E-state index in [1.165, 1.54) is 18.3 Å². The lowest BCUT2D eigenvalue weighted by molar-refractivity contribution is 0.0978. The van der Waals surface area contributed by atoms with Crippen molar-refractivity contribution in [2.24, 2.45) is 0 Å². The van der Waals surface area contributed by atoms with Gasteiger partial charge in [-0.2, -0.15) is 0 Å². The summed E-state index contributed by atoms with van der Waals surface area (Å²) in [6.07, 6.45) is 1.29. The molecule has 2 aromatic heterocycles. The molecule has 10 heteroatoms. The molecule has 0 aliphatic rings. The maximum atomic E-state index is 13.2. The number of hydrogen-bond donors (Lipinski definition) is 2. The molecule has 9 nitrogen and oxygen atoms in total. The summed E-state index contributed by atoms with van der Waals surface area (Å²) in [6, 6.07) is 16.5. The number of carbonyl (C=O) groups is 1. The largest absolute Gasteiger partial charge is 0.497 e.